The van der Waals surface area contributed by atoms with Crippen molar-refractivity contribution in [2.45, 2.75) is 32.4 Å². The van der Waals surface area contributed by atoms with Gasteiger partial charge < -0.3 is 10.2 Å². The fourth-order valence-electron chi connectivity index (χ4n) is 2.10. The topological polar surface area (TPSA) is 52.7 Å². The van der Waals surface area contributed by atoms with E-state index in [-0.39, 0.29) is 25.5 Å². The van der Waals surface area contributed by atoms with Crippen molar-refractivity contribution < 1.29 is 22.8 Å². The summed E-state index contributed by atoms with van der Waals surface area (Å²) >= 11 is 0. The second-order valence-corrected chi connectivity index (χ2v) is 5.15. The number of carbonyl (C=O) groups is 2. The monoisotopic (exact) mass is 309 g/mol. The van der Waals surface area contributed by atoms with E-state index in [1.807, 2.05) is 11.8 Å². The van der Waals surface area contributed by atoms with Gasteiger partial charge in [-0.05, 0) is 6.42 Å². The molecule has 0 bridgehead atoms. The van der Waals surface area contributed by atoms with Crippen molar-refractivity contribution in [3.8, 4) is 0 Å². The Hall–Kier alpha value is -1.31. The van der Waals surface area contributed by atoms with Crippen molar-refractivity contribution in [2.75, 3.05) is 39.3 Å². The number of hydrogen-bond acceptors (Lipinski definition) is 3. The van der Waals surface area contributed by atoms with Crippen LogP contribution in [-0.4, -0.2) is 67.1 Å². The quantitative estimate of drug-likeness (QED) is 0.745. The van der Waals surface area contributed by atoms with Gasteiger partial charge in [0, 0.05) is 32.7 Å². The van der Waals surface area contributed by atoms with E-state index in [2.05, 4.69) is 5.32 Å². The molecule has 1 N–H and O–H groups in total. The molecule has 122 valence electrons. The molecule has 2 amide bonds. The van der Waals surface area contributed by atoms with E-state index in [9.17, 15) is 22.8 Å². The van der Waals surface area contributed by atoms with Crippen LogP contribution < -0.4 is 5.32 Å². The molecule has 0 atom stereocenters. The number of nitrogens with one attached hydrogen (secondary N) is 1. The molecular weight excluding hydrogens is 287 g/mol. The normalized spacial score (nSPS) is 16.9. The number of amides is 2. The molecule has 0 aromatic carbocycles. The molecule has 8 heteroatoms. The van der Waals surface area contributed by atoms with Crippen molar-refractivity contribution in [2.24, 2.45) is 0 Å². The minimum Gasteiger partial charge on any atom is -0.355 e. The first-order chi connectivity index (χ1) is 9.81. The summed E-state index contributed by atoms with van der Waals surface area (Å²) in [7, 11) is 0. The lowest BCUT2D eigenvalue weighted by Gasteiger charge is -2.34. The number of piperazine rings is 1. The van der Waals surface area contributed by atoms with Gasteiger partial charge in [0.25, 0.3) is 0 Å². The second kappa shape index (κ2) is 8.21. The highest BCUT2D eigenvalue weighted by Gasteiger charge is 2.34. The van der Waals surface area contributed by atoms with Gasteiger partial charge in [0.2, 0.25) is 11.8 Å². The van der Waals surface area contributed by atoms with Crippen LogP contribution in [-0.2, 0) is 9.59 Å². The average Bonchev–Trinajstić information content (AvgIpc) is 2.38. The van der Waals surface area contributed by atoms with Gasteiger partial charge >= 0.3 is 6.18 Å². The molecule has 0 aliphatic carbocycles. The number of hydrogen-bond donors (Lipinski definition) is 1. The van der Waals surface area contributed by atoms with Crippen molar-refractivity contribution in [3.63, 3.8) is 0 Å². The first kappa shape index (κ1) is 17.7. The lowest BCUT2D eigenvalue weighted by molar-refractivity contribution is -0.162. The Morgan fingerprint density at radius 3 is 2.29 bits per heavy atom. The van der Waals surface area contributed by atoms with Crippen LogP contribution >= 0.6 is 0 Å². The molecular formula is C13H22F3N3O2. The highest BCUT2D eigenvalue weighted by Crippen LogP contribution is 2.21. The summed E-state index contributed by atoms with van der Waals surface area (Å²) in [6.07, 6.45) is -3.95. The Bertz CT molecular complexity index is 353. The first-order valence-corrected chi connectivity index (χ1v) is 7.15. The zero-order chi connectivity index (χ0) is 15.9. The summed E-state index contributed by atoms with van der Waals surface area (Å²) < 4.78 is 36.4. The molecule has 1 saturated heterocycles. The van der Waals surface area contributed by atoms with E-state index in [0.29, 0.717) is 19.6 Å². The van der Waals surface area contributed by atoms with Gasteiger partial charge in [-0.3, -0.25) is 14.5 Å². The Kier molecular flexibility index (Phi) is 6.94. The van der Waals surface area contributed by atoms with Gasteiger partial charge in [-0.1, -0.05) is 13.3 Å². The van der Waals surface area contributed by atoms with E-state index >= 15 is 0 Å². The summed E-state index contributed by atoms with van der Waals surface area (Å²) in [5, 5.41) is 2.79. The Balaban J connectivity index is 2.26. The Morgan fingerprint density at radius 2 is 1.76 bits per heavy atom. The van der Waals surface area contributed by atoms with Crippen LogP contribution in [0.1, 0.15) is 26.2 Å². The maximum atomic E-state index is 12.1. The molecule has 0 radical (unpaired) electrons. The van der Waals surface area contributed by atoms with Crippen molar-refractivity contribution in [1.29, 1.82) is 0 Å². The van der Waals surface area contributed by atoms with Crippen molar-refractivity contribution >= 4 is 11.8 Å². The van der Waals surface area contributed by atoms with Crippen LogP contribution in [0.15, 0.2) is 0 Å². The third kappa shape index (κ3) is 7.31. The van der Waals surface area contributed by atoms with E-state index in [0.717, 1.165) is 12.8 Å². The van der Waals surface area contributed by atoms with E-state index in [1.165, 1.54) is 4.90 Å². The largest absolute Gasteiger partial charge is 0.397 e. The van der Waals surface area contributed by atoms with E-state index in [1.54, 1.807) is 0 Å². The summed E-state index contributed by atoms with van der Waals surface area (Å²) in [6, 6.07) is 0. The minimum atomic E-state index is -4.46. The van der Waals surface area contributed by atoms with Crippen molar-refractivity contribution in [1.82, 2.24) is 15.1 Å². The average molecular weight is 309 g/mol. The first-order valence-electron chi connectivity index (χ1n) is 7.15. The summed E-state index contributed by atoms with van der Waals surface area (Å²) in [5.41, 5.74) is 0. The molecule has 21 heavy (non-hydrogen) atoms. The van der Waals surface area contributed by atoms with Crippen LogP contribution in [0.4, 0.5) is 13.2 Å². The zero-order valence-corrected chi connectivity index (χ0v) is 12.2. The molecule has 0 aromatic heterocycles. The summed E-state index contributed by atoms with van der Waals surface area (Å²) in [5.74, 6) is -0.979. The standard InChI is InChI=1S/C13H22F3N3O2/c1-2-3-4-17-11(20)10-18-5-7-19(8-6-18)12(21)9-13(14,15)16/h2-10H2,1H3,(H,17,20). The SMILES string of the molecule is CCCCNC(=O)CN1CCN(C(=O)CC(F)(F)F)CC1. The molecule has 1 rings (SSSR count). The van der Waals surface area contributed by atoms with Gasteiger partial charge in [-0.15, -0.1) is 0 Å². The molecule has 0 aromatic rings. The molecule has 1 aliphatic rings. The third-order valence-electron chi connectivity index (χ3n) is 3.30. The number of unbranched alkanes of at least 4 members (excludes halogenated alkanes) is 1. The van der Waals surface area contributed by atoms with Crippen LogP contribution in [0.25, 0.3) is 0 Å². The molecule has 0 saturated carbocycles. The second-order valence-electron chi connectivity index (χ2n) is 5.15. The number of halogens is 3. The van der Waals surface area contributed by atoms with E-state index in [4.69, 9.17) is 0 Å². The molecule has 1 fully saturated rings. The number of alkyl halides is 3. The lowest BCUT2D eigenvalue weighted by atomic mass is 10.2. The number of rotatable bonds is 6. The van der Waals surface area contributed by atoms with Gasteiger partial charge in [0.1, 0.15) is 6.42 Å². The van der Waals surface area contributed by atoms with E-state index < -0.39 is 18.5 Å². The fraction of sp³-hybridized carbons (Fsp3) is 0.846. The molecule has 0 spiro atoms. The molecule has 5 nitrogen and oxygen atoms in total. The number of nitrogens with zero attached hydrogens (tertiary/aromatic N) is 2. The third-order valence-corrected chi connectivity index (χ3v) is 3.30. The van der Waals surface area contributed by atoms with Crippen LogP contribution in [0.3, 0.4) is 0 Å². The fourth-order valence-corrected chi connectivity index (χ4v) is 2.10. The lowest BCUT2D eigenvalue weighted by Crippen LogP contribution is -2.51. The zero-order valence-electron chi connectivity index (χ0n) is 12.2. The van der Waals surface area contributed by atoms with Gasteiger partial charge in [0.05, 0.1) is 6.54 Å². The molecule has 1 aliphatic heterocycles. The Morgan fingerprint density at radius 1 is 1.14 bits per heavy atom. The minimum absolute atomic E-state index is 0.0847. The van der Waals surface area contributed by atoms with Gasteiger partial charge in [-0.2, -0.15) is 13.2 Å². The summed E-state index contributed by atoms with van der Waals surface area (Å²) in [4.78, 5) is 26.1. The van der Waals surface area contributed by atoms with Crippen LogP contribution in [0, 0.1) is 0 Å². The molecule has 0 unspecified atom stereocenters. The van der Waals surface area contributed by atoms with Gasteiger partial charge in [0.15, 0.2) is 0 Å². The van der Waals surface area contributed by atoms with Gasteiger partial charge in [-0.25, -0.2) is 0 Å². The van der Waals surface area contributed by atoms with Crippen LogP contribution in [0.2, 0.25) is 0 Å². The number of carbonyl (C=O) groups excluding carboxylic acids is 2. The maximum Gasteiger partial charge on any atom is 0.397 e. The molecule has 1 heterocycles. The Labute approximate surface area is 122 Å². The van der Waals surface area contributed by atoms with Crippen LogP contribution in [0.5, 0.6) is 0 Å². The smallest absolute Gasteiger partial charge is 0.355 e. The maximum absolute atomic E-state index is 12.1. The predicted molar refractivity (Wildman–Crippen MR) is 71.6 cm³/mol. The highest BCUT2D eigenvalue weighted by atomic mass is 19.4. The van der Waals surface area contributed by atoms with Crippen molar-refractivity contribution in [3.05, 3.63) is 0 Å². The highest BCUT2D eigenvalue weighted by molar-refractivity contribution is 5.78. The predicted octanol–water partition coefficient (Wildman–Crippen LogP) is 0.999. The summed E-state index contributed by atoms with van der Waals surface area (Å²) in [6.45, 7) is 4.21.